The molecule has 0 saturated carbocycles. The van der Waals surface area contributed by atoms with Crippen LogP contribution in [0, 0.1) is 0 Å². The van der Waals surface area contributed by atoms with Crippen LogP contribution in [-0.4, -0.2) is 53.3 Å². The number of imide groups is 1. The lowest BCUT2D eigenvalue weighted by atomic mass is 10.0. The minimum atomic E-state index is -4.54. The molecule has 1 N–H and O–H groups in total. The molecule has 0 spiro atoms. The van der Waals surface area contributed by atoms with Crippen molar-refractivity contribution in [1.29, 1.82) is 0 Å². The molecule has 0 unspecified atom stereocenters. The molecule has 2 aliphatic rings. The number of benzene rings is 1. The van der Waals surface area contributed by atoms with E-state index < -0.39 is 17.8 Å². The Morgan fingerprint density at radius 2 is 1.89 bits per heavy atom. The second-order valence-corrected chi connectivity index (χ2v) is 7.25. The number of carbonyl (C=O) groups is 3. The van der Waals surface area contributed by atoms with Crippen molar-refractivity contribution in [3.63, 3.8) is 0 Å². The molecule has 2 heterocycles. The van der Waals surface area contributed by atoms with Crippen LogP contribution in [0.15, 0.2) is 18.2 Å². The summed E-state index contributed by atoms with van der Waals surface area (Å²) in [6, 6.07) is 3.00. The normalized spacial score (nSPS) is 18.6. The molecule has 28 heavy (non-hydrogen) atoms. The fourth-order valence-electron chi connectivity index (χ4n) is 3.53. The third kappa shape index (κ3) is 4.40. The van der Waals surface area contributed by atoms with E-state index >= 15 is 0 Å². The number of urea groups is 1. The number of rotatable bonds is 4. The topological polar surface area (TPSA) is 69.7 Å². The van der Waals surface area contributed by atoms with Gasteiger partial charge in [-0.25, -0.2) is 4.79 Å². The van der Waals surface area contributed by atoms with Gasteiger partial charge < -0.3 is 10.2 Å². The van der Waals surface area contributed by atoms with E-state index in [-0.39, 0.29) is 42.3 Å². The van der Waals surface area contributed by atoms with Gasteiger partial charge in [-0.05, 0) is 37.0 Å². The molecule has 1 aromatic carbocycles. The Morgan fingerprint density at radius 1 is 1.21 bits per heavy atom. The predicted octanol–water partition coefficient (Wildman–Crippen LogP) is 2.83. The van der Waals surface area contributed by atoms with Gasteiger partial charge in [-0.1, -0.05) is 17.7 Å². The summed E-state index contributed by atoms with van der Waals surface area (Å²) in [5.74, 6) is -0.433. The quantitative estimate of drug-likeness (QED) is 0.766. The summed E-state index contributed by atoms with van der Waals surface area (Å²) in [5, 5.41) is 2.11. The zero-order valence-electron chi connectivity index (χ0n) is 14.9. The van der Waals surface area contributed by atoms with Crippen LogP contribution in [0.1, 0.15) is 30.4 Å². The fourth-order valence-corrected chi connectivity index (χ4v) is 3.76. The summed E-state index contributed by atoms with van der Waals surface area (Å²) in [4.78, 5) is 38.7. The van der Waals surface area contributed by atoms with Crippen LogP contribution in [-0.2, 0) is 22.2 Å². The van der Waals surface area contributed by atoms with Gasteiger partial charge in [0.1, 0.15) is 0 Å². The van der Waals surface area contributed by atoms with Crippen LogP contribution in [0.25, 0.3) is 0 Å². The molecule has 0 radical (unpaired) electrons. The van der Waals surface area contributed by atoms with Crippen LogP contribution >= 0.6 is 11.6 Å². The number of piperidine rings is 1. The number of halogens is 4. The van der Waals surface area contributed by atoms with Gasteiger partial charge in [-0.2, -0.15) is 13.2 Å². The highest BCUT2D eigenvalue weighted by Crippen LogP contribution is 2.35. The van der Waals surface area contributed by atoms with Gasteiger partial charge >= 0.3 is 12.2 Å². The second kappa shape index (κ2) is 7.98. The van der Waals surface area contributed by atoms with E-state index in [0.717, 1.165) is 6.07 Å². The van der Waals surface area contributed by atoms with Crippen molar-refractivity contribution < 1.29 is 27.6 Å². The number of nitrogens with one attached hydrogen (secondary N) is 1. The average molecular weight is 418 g/mol. The largest absolute Gasteiger partial charge is 0.417 e. The molecule has 6 nitrogen and oxygen atoms in total. The predicted molar refractivity (Wildman–Crippen MR) is 94.6 cm³/mol. The highest BCUT2D eigenvalue weighted by Gasteiger charge is 2.37. The summed E-state index contributed by atoms with van der Waals surface area (Å²) in [6.45, 7) is 0.795. The van der Waals surface area contributed by atoms with Crippen molar-refractivity contribution in [3.8, 4) is 0 Å². The Hall–Kier alpha value is -2.29. The third-order valence-corrected chi connectivity index (χ3v) is 5.35. The molecular formula is C18H19ClF3N3O3. The van der Waals surface area contributed by atoms with E-state index in [0.29, 0.717) is 31.5 Å². The first-order chi connectivity index (χ1) is 13.2. The lowest BCUT2D eigenvalue weighted by Crippen LogP contribution is -2.49. The number of alkyl halides is 3. The van der Waals surface area contributed by atoms with Gasteiger partial charge in [0.05, 0.1) is 17.1 Å². The molecule has 10 heteroatoms. The molecule has 4 amide bonds. The number of hydrogen-bond donors (Lipinski definition) is 1. The van der Waals surface area contributed by atoms with Crippen LogP contribution in [0.4, 0.5) is 18.0 Å². The van der Waals surface area contributed by atoms with Gasteiger partial charge in [0.25, 0.3) is 0 Å². The smallest absolute Gasteiger partial charge is 0.343 e. The van der Waals surface area contributed by atoms with Crippen molar-refractivity contribution >= 4 is 29.4 Å². The van der Waals surface area contributed by atoms with E-state index in [2.05, 4.69) is 5.32 Å². The van der Waals surface area contributed by atoms with Crippen LogP contribution < -0.4 is 5.32 Å². The van der Waals surface area contributed by atoms with E-state index in [1.165, 1.54) is 17.0 Å². The highest BCUT2D eigenvalue weighted by molar-refractivity contribution is 6.31. The number of amides is 4. The molecule has 2 saturated heterocycles. The Labute approximate surface area is 164 Å². The maximum Gasteiger partial charge on any atom is 0.417 e. The van der Waals surface area contributed by atoms with Crippen LogP contribution in [0.2, 0.25) is 5.02 Å². The van der Waals surface area contributed by atoms with E-state index in [9.17, 15) is 27.6 Å². The first kappa shape index (κ1) is 20.4. The highest BCUT2D eigenvalue weighted by atomic mass is 35.5. The van der Waals surface area contributed by atoms with Gasteiger partial charge in [-0.15, -0.1) is 0 Å². The van der Waals surface area contributed by atoms with Crippen molar-refractivity contribution in [1.82, 2.24) is 15.1 Å². The molecule has 2 aliphatic heterocycles. The third-order valence-electron chi connectivity index (χ3n) is 5.02. The lowest BCUT2D eigenvalue weighted by Gasteiger charge is -2.35. The Bertz CT molecular complexity index is 776. The monoisotopic (exact) mass is 417 g/mol. The summed E-state index contributed by atoms with van der Waals surface area (Å²) >= 11 is 5.60. The summed E-state index contributed by atoms with van der Waals surface area (Å²) in [7, 11) is 0. The number of nitrogens with zero attached hydrogens (tertiary/aromatic N) is 2. The summed E-state index contributed by atoms with van der Waals surface area (Å²) in [5.41, 5.74) is -0.521. The van der Waals surface area contributed by atoms with E-state index in [4.69, 9.17) is 11.6 Å². The first-order valence-corrected chi connectivity index (χ1v) is 9.28. The van der Waals surface area contributed by atoms with Gasteiger partial charge in [-0.3, -0.25) is 14.5 Å². The molecule has 0 aliphatic carbocycles. The number of aryl methyl sites for hydroxylation is 1. The maximum atomic E-state index is 12.9. The fraction of sp³-hybridized carbons (Fsp3) is 0.500. The number of likely N-dealkylation sites (tertiary alicyclic amines) is 1. The van der Waals surface area contributed by atoms with Crippen molar-refractivity contribution in [2.45, 2.75) is 37.9 Å². The summed E-state index contributed by atoms with van der Waals surface area (Å²) < 4.78 is 38.8. The van der Waals surface area contributed by atoms with Crippen molar-refractivity contribution in [2.24, 2.45) is 0 Å². The molecule has 152 valence electrons. The van der Waals surface area contributed by atoms with Crippen LogP contribution in [0.5, 0.6) is 0 Å². The standard InChI is InChI=1S/C18H19ClF3N3O3/c19-14-3-1-11(9-13(14)18(20,21)22)2-4-15(26)24-7-5-12(6-8-24)25-16(27)10-23-17(25)28/h1,3,9,12H,2,4-8,10H2,(H,23,28). The molecule has 0 atom stereocenters. The number of hydrogen-bond acceptors (Lipinski definition) is 3. The molecule has 3 rings (SSSR count). The number of carbonyl (C=O) groups excluding carboxylic acids is 3. The minimum absolute atomic E-state index is 0.00101. The van der Waals surface area contributed by atoms with Crippen molar-refractivity contribution in [2.75, 3.05) is 19.6 Å². The van der Waals surface area contributed by atoms with E-state index in [1.807, 2.05) is 0 Å². The first-order valence-electron chi connectivity index (χ1n) is 8.90. The maximum absolute atomic E-state index is 12.9. The van der Waals surface area contributed by atoms with E-state index in [1.54, 1.807) is 4.90 Å². The summed E-state index contributed by atoms with van der Waals surface area (Å²) in [6.07, 6.45) is -3.31. The average Bonchev–Trinajstić information content (AvgIpc) is 2.98. The molecule has 2 fully saturated rings. The minimum Gasteiger partial charge on any atom is -0.343 e. The molecule has 0 bridgehead atoms. The Balaban J connectivity index is 1.53. The van der Waals surface area contributed by atoms with Crippen LogP contribution in [0.3, 0.4) is 0 Å². The van der Waals surface area contributed by atoms with Gasteiger partial charge in [0.15, 0.2) is 0 Å². The Kier molecular flexibility index (Phi) is 5.83. The zero-order valence-corrected chi connectivity index (χ0v) is 15.6. The molecule has 0 aromatic heterocycles. The van der Waals surface area contributed by atoms with Crippen molar-refractivity contribution in [3.05, 3.63) is 34.3 Å². The zero-order chi connectivity index (χ0) is 20.5. The lowest BCUT2D eigenvalue weighted by molar-refractivity contribution is -0.137. The molecule has 1 aromatic rings. The van der Waals surface area contributed by atoms with Gasteiger partial charge in [0.2, 0.25) is 11.8 Å². The SMILES string of the molecule is O=C(CCc1ccc(Cl)c(C(F)(F)F)c1)N1CCC(N2C(=O)CNC2=O)CC1. The Morgan fingerprint density at radius 3 is 2.46 bits per heavy atom. The second-order valence-electron chi connectivity index (χ2n) is 6.85. The molecular weight excluding hydrogens is 399 g/mol. The van der Waals surface area contributed by atoms with Gasteiger partial charge in [0, 0.05) is 25.6 Å².